The summed E-state index contributed by atoms with van der Waals surface area (Å²) in [7, 11) is 3.31. The third-order valence-corrected chi connectivity index (χ3v) is 5.45. The fourth-order valence-electron chi connectivity index (χ4n) is 3.63. The maximum Gasteiger partial charge on any atom is 0.289 e. The molecule has 0 saturated carbocycles. The summed E-state index contributed by atoms with van der Waals surface area (Å²) >= 11 is 0. The SMILES string of the molecule is COc1cccc2cc(C(=O)N3CCC(Oc4cc(C)n(C)c(=O)c4)CC3)oc12. The minimum Gasteiger partial charge on any atom is -0.493 e. The maximum absolute atomic E-state index is 12.9. The van der Waals surface area contributed by atoms with Crippen molar-refractivity contribution in [3.63, 3.8) is 0 Å². The van der Waals surface area contributed by atoms with Crippen molar-refractivity contribution in [1.82, 2.24) is 9.47 Å². The molecule has 1 saturated heterocycles. The fraction of sp³-hybridized carbons (Fsp3) is 0.364. The van der Waals surface area contributed by atoms with Crippen LogP contribution in [-0.4, -0.2) is 41.7 Å². The summed E-state index contributed by atoms with van der Waals surface area (Å²) in [6.07, 6.45) is 1.37. The summed E-state index contributed by atoms with van der Waals surface area (Å²) in [5.74, 6) is 1.37. The first-order valence-corrected chi connectivity index (χ1v) is 9.66. The van der Waals surface area contributed by atoms with Gasteiger partial charge in [0.15, 0.2) is 17.1 Å². The zero-order chi connectivity index (χ0) is 20.5. The summed E-state index contributed by atoms with van der Waals surface area (Å²) in [6, 6.07) is 10.7. The van der Waals surface area contributed by atoms with E-state index < -0.39 is 0 Å². The van der Waals surface area contributed by atoms with Crippen LogP contribution in [0.4, 0.5) is 0 Å². The number of benzene rings is 1. The van der Waals surface area contributed by atoms with Gasteiger partial charge in [0.05, 0.1) is 7.11 Å². The summed E-state index contributed by atoms with van der Waals surface area (Å²) in [6.45, 7) is 3.01. The molecule has 3 heterocycles. The van der Waals surface area contributed by atoms with Crippen LogP contribution in [0, 0.1) is 6.92 Å². The molecular formula is C22H24N2O5. The van der Waals surface area contributed by atoms with Crippen LogP contribution in [0.5, 0.6) is 11.5 Å². The molecule has 4 rings (SSSR count). The van der Waals surface area contributed by atoms with Crippen molar-refractivity contribution in [3.8, 4) is 11.5 Å². The number of carbonyl (C=O) groups excluding carboxylic acids is 1. The predicted octanol–water partition coefficient (Wildman–Crippen LogP) is 3.13. The van der Waals surface area contributed by atoms with Gasteiger partial charge in [0, 0.05) is 50.1 Å². The highest BCUT2D eigenvalue weighted by molar-refractivity contribution is 5.97. The number of furan rings is 1. The second kappa shape index (κ2) is 7.66. The molecule has 1 aromatic carbocycles. The first-order valence-electron chi connectivity index (χ1n) is 9.66. The number of rotatable bonds is 4. The maximum atomic E-state index is 12.9. The van der Waals surface area contributed by atoms with Gasteiger partial charge >= 0.3 is 0 Å². The van der Waals surface area contributed by atoms with Gasteiger partial charge < -0.3 is 23.4 Å². The minimum atomic E-state index is -0.133. The summed E-state index contributed by atoms with van der Waals surface area (Å²) in [4.78, 5) is 26.6. The molecule has 2 aromatic heterocycles. The van der Waals surface area contributed by atoms with E-state index >= 15 is 0 Å². The molecule has 0 N–H and O–H groups in total. The number of para-hydroxylation sites is 1. The largest absolute Gasteiger partial charge is 0.493 e. The molecule has 1 fully saturated rings. The Morgan fingerprint density at radius 2 is 1.93 bits per heavy atom. The van der Waals surface area contributed by atoms with Gasteiger partial charge in [0.25, 0.3) is 11.5 Å². The van der Waals surface area contributed by atoms with Crippen LogP contribution in [0.1, 0.15) is 29.1 Å². The van der Waals surface area contributed by atoms with Gasteiger partial charge in [-0.05, 0) is 25.1 Å². The smallest absolute Gasteiger partial charge is 0.289 e. The first-order chi connectivity index (χ1) is 14.0. The number of aryl methyl sites for hydroxylation is 1. The van der Waals surface area contributed by atoms with Crippen molar-refractivity contribution >= 4 is 16.9 Å². The normalized spacial score (nSPS) is 14.9. The van der Waals surface area contributed by atoms with Crippen LogP contribution in [0.2, 0.25) is 0 Å². The second-order valence-electron chi connectivity index (χ2n) is 7.33. The Hall–Kier alpha value is -3.22. The van der Waals surface area contributed by atoms with Crippen molar-refractivity contribution < 1.29 is 18.7 Å². The Kier molecular flexibility index (Phi) is 5.05. The lowest BCUT2D eigenvalue weighted by molar-refractivity contribution is 0.0568. The van der Waals surface area contributed by atoms with Gasteiger partial charge in [-0.25, -0.2) is 0 Å². The number of amides is 1. The molecular weight excluding hydrogens is 372 g/mol. The predicted molar refractivity (Wildman–Crippen MR) is 109 cm³/mol. The van der Waals surface area contributed by atoms with Crippen LogP contribution in [0.15, 0.2) is 45.6 Å². The first kappa shape index (κ1) is 19.1. The molecule has 0 bridgehead atoms. The monoisotopic (exact) mass is 396 g/mol. The highest BCUT2D eigenvalue weighted by Crippen LogP contribution is 2.29. The van der Waals surface area contributed by atoms with E-state index in [1.165, 1.54) is 6.07 Å². The molecule has 7 heteroatoms. The average molecular weight is 396 g/mol. The molecule has 1 aliphatic rings. The standard InChI is InChI=1S/C22H24N2O5/c1-14-11-17(13-20(25)23(14)2)28-16-7-9-24(10-8-16)22(26)19-12-15-5-4-6-18(27-3)21(15)29-19/h4-6,11-13,16H,7-10H2,1-3H3. The van der Waals surface area contributed by atoms with Crippen molar-refractivity contribution in [3.05, 3.63) is 58.2 Å². The molecule has 0 aliphatic carbocycles. The number of likely N-dealkylation sites (tertiary alicyclic amines) is 1. The van der Waals surface area contributed by atoms with E-state index in [4.69, 9.17) is 13.9 Å². The van der Waals surface area contributed by atoms with Gasteiger partial charge in [-0.1, -0.05) is 12.1 Å². The van der Waals surface area contributed by atoms with E-state index in [0.717, 1.165) is 11.1 Å². The Balaban J connectivity index is 1.42. The lowest BCUT2D eigenvalue weighted by Crippen LogP contribution is -2.41. The number of aromatic nitrogens is 1. The van der Waals surface area contributed by atoms with E-state index in [0.29, 0.717) is 48.8 Å². The van der Waals surface area contributed by atoms with Crippen molar-refractivity contribution in [2.24, 2.45) is 7.05 Å². The van der Waals surface area contributed by atoms with E-state index in [1.807, 2.05) is 31.2 Å². The lowest BCUT2D eigenvalue weighted by Gasteiger charge is -2.31. The van der Waals surface area contributed by atoms with Gasteiger partial charge in [0.1, 0.15) is 11.9 Å². The van der Waals surface area contributed by atoms with Crippen LogP contribution in [-0.2, 0) is 7.05 Å². The fourth-order valence-corrected chi connectivity index (χ4v) is 3.63. The number of nitrogens with zero attached hydrogens (tertiary/aromatic N) is 2. The topological polar surface area (TPSA) is 73.9 Å². The van der Waals surface area contributed by atoms with Gasteiger partial charge in [-0.15, -0.1) is 0 Å². The Morgan fingerprint density at radius 1 is 1.17 bits per heavy atom. The summed E-state index contributed by atoms with van der Waals surface area (Å²) in [5, 5.41) is 0.840. The molecule has 7 nitrogen and oxygen atoms in total. The molecule has 0 radical (unpaired) electrons. The quantitative estimate of drug-likeness (QED) is 0.677. The molecule has 152 valence electrons. The van der Waals surface area contributed by atoms with Crippen LogP contribution in [0.25, 0.3) is 11.0 Å². The highest BCUT2D eigenvalue weighted by atomic mass is 16.5. The van der Waals surface area contributed by atoms with Gasteiger partial charge in [-0.3, -0.25) is 9.59 Å². The molecule has 0 spiro atoms. The van der Waals surface area contributed by atoms with E-state index in [2.05, 4.69) is 0 Å². The Bertz CT molecular complexity index is 1110. The zero-order valence-electron chi connectivity index (χ0n) is 16.8. The zero-order valence-corrected chi connectivity index (χ0v) is 16.8. The van der Waals surface area contributed by atoms with Crippen LogP contribution in [0.3, 0.4) is 0 Å². The van der Waals surface area contributed by atoms with Crippen LogP contribution >= 0.6 is 0 Å². The summed E-state index contributed by atoms with van der Waals surface area (Å²) < 4.78 is 18.7. The molecule has 29 heavy (non-hydrogen) atoms. The number of fused-ring (bicyclic) bond motifs is 1. The number of hydrogen-bond donors (Lipinski definition) is 0. The number of carbonyl (C=O) groups is 1. The third kappa shape index (κ3) is 3.72. The van der Waals surface area contributed by atoms with Crippen molar-refractivity contribution in [1.29, 1.82) is 0 Å². The van der Waals surface area contributed by atoms with Gasteiger partial charge in [0.2, 0.25) is 0 Å². The molecule has 1 amide bonds. The molecule has 3 aromatic rings. The minimum absolute atomic E-state index is 0.0266. The average Bonchev–Trinajstić information content (AvgIpc) is 3.16. The van der Waals surface area contributed by atoms with E-state index in [1.54, 1.807) is 29.7 Å². The van der Waals surface area contributed by atoms with Crippen LogP contribution < -0.4 is 15.0 Å². The van der Waals surface area contributed by atoms with Crippen molar-refractivity contribution in [2.45, 2.75) is 25.9 Å². The number of pyridine rings is 1. The number of ether oxygens (including phenoxy) is 2. The molecule has 0 unspecified atom stereocenters. The Morgan fingerprint density at radius 3 is 2.62 bits per heavy atom. The second-order valence-corrected chi connectivity index (χ2v) is 7.33. The van der Waals surface area contributed by atoms with Crippen molar-refractivity contribution in [2.75, 3.05) is 20.2 Å². The Labute approximate surface area is 168 Å². The van der Waals surface area contributed by atoms with Gasteiger partial charge in [-0.2, -0.15) is 0 Å². The number of methoxy groups -OCH3 is 1. The number of hydrogen-bond acceptors (Lipinski definition) is 5. The molecule has 0 atom stereocenters. The van der Waals surface area contributed by atoms with E-state index in [-0.39, 0.29) is 17.6 Å². The van der Waals surface area contributed by atoms with E-state index in [9.17, 15) is 9.59 Å². The third-order valence-electron chi connectivity index (χ3n) is 5.45. The lowest BCUT2D eigenvalue weighted by atomic mass is 10.1. The molecule has 1 aliphatic heterocycles. The summed E-state index contributed by atoms with van der Waals surface area (Å²) in [5.41, 5.74) is 1.34. The number of piperidine rings is 1. The highest BCUT2D eigenvalue weighted by Gasteiger charge is 2.27.